The molecule has 10 heteroatoms. The number of aryl methyl sites for hydroxylation is 1. The van der Waals surface area contributed by atoms with Crippen LogP contribution in [0.5, 0.6) is 0 Å². The van der Waals surface area contributed by atoms with Crippen molar-refractivity contribution in [2.75, 3.05) is 19.6 Å². The summed E-state index contributed by atoms with van der Waals surface area (Å²) < 4.78 is 18.2. The number of carboxylic acid groups (broad SMARTS) is 1. The van der Waals surface area contributed by atoms with Crippen molar-refractivity contribution in [3.63, 3.8) is 0 Å². The zero-order valence-electron chi connectivity index (χ0n) is 27.3. The third-order valence-corrected chi connectivity index (χ3v) is 10.4. The van der Waals surface area contributed by atoms with E-state index in [0.717, 1.165) is 61.3 Å². The van der Waals surface area contributed by atoms with Crippen LogP contribution in [0.4, 0.5) is 4.39 Å². The second-order valence-electron chi connectivity index (χ2n) is 13.2. The van der Waals surface area contributed by atoms with Gasteiger partial charge in [-0.3, -0.25) is 23.6 Å². The number of rotatable bonds is 12. The molecule has 0 bridgehead atoms. The van der Waals surface area contributed by atoms with Crippen molar-refractivity contribution in [3.05, 3.63) is 138 Å². The molecular formula is C38H42ClFN4O4. The number of benzene rings is 3. The molecule has 1 aromatic heterocycles. The van der Waals surface area contributed by atoms with E-state index in [4.69, 9.17) is 16.7 Å². The molecule has 6 rings (SSSR count). The third kappa shape index (κ3) is 7.18. The Hall–Kier alpha value is -4.05. The van der Waals surface area contributed by atoms with Gasteiger partial charge in [-0.25, -0.2) is 9.18 Å². The molecule has 2 N–H and O–H groups in total. The normalized spacial score (nSPS) is 16.2. The van der Waals surface area contributed by atoms with E-state index in [2.05, 4.69) is 16.3 Å². The van der Waals surface area contributed by atoms with Crippen LogP contribution < -0.4 is 16.6 Å². The van der Waals surface area contributed by atoms with Crippen molar-refractivity contribution in [3.8, 4) is 0 Å². The predicted molar refractivity (Wildman–Crippen MR) is 185 cm³/mol. The summed E-state index contributed by atoms with van der Waals surface area (Å²) in [6.45, 7) is 4.72. The molecular weight excluding hydrogens is 631 g/mol. The van der Waals surface area contributed by atoms with Crippen LogP contribution in [0.25, 0.3) is 0 Å². The highest BCUT2D eigenvalue weighted by molar-refractivity contribution is 6.30. The summed E-state index contributed by atoms with van der Waals surface area (Å²) >= 11 is 6.24. The molecule has 0 amide bonds. The Bertz CT molecular complexity index is 1880. The minimum Gasteiger partial charge on any atom is -0.481 e. The van der Waals surface area contributed by atoms with Gasteiger partial charge < -0.3 is 10.4 Å². The van der Waals surface area contributed by atoms with Crippen LogP contribution in [0.2, 0.25) is 5.02 Å². The Morgan fingerprint density at radius 3 is 2.44 bits per heavy atom. The average Bonchev–Trinajstić information content (AvgIpc) is 3.43. The number of carboxylic acids is 1. The van der Waals surface area contributed by atoms with Gasteiger partial charge in [0.1, 0.15) is 5.82 Å². The number of likely N-dealkylation sites (tertiary alicyclic amines) is 1. The van der Waals surface area contributed by atoms with E-state index >= 15 is 4.39 Å². The number of hydrogen-bond acceptors (Lipinski definition) is 5. The molecule has 1 saturated heterocycles. The Kier molecular flexibility index (Phi) is 10.3. The van der Waals surface area contributed by atoms with Gasteiger partial charge in [0.25, 0.3) is 5.56 Å². The van der Waals surface area contributed by atoms with Gasteiger partial charge in [0.05, 0.1) is 19.1 Å². The van der Waals surface area contributed by atoms with E-state index < -0.39 is 17.7 Å². The van der Waals surface area contributed by atoms with E-state index in [-0.39, 0.29) is 36.3 Å². The Morgan fingerprint density at radius 1 is 0.979 bits per heavy atom. The monoisotopic (exact) mass is 672 g/mol. The van der Waals surface area contributed by atoms with E-state index in [1.165, 1.54) is 10.6 Å². The van der Waals surface area contributed by atoms with Crippen LogP contribution in [-0.2, 0) is 36.3 Å². The lowest BCUT2D eigenvalue weighted by atomic mass is 9.74. The number of carbonyl (C=O) groups is 1. The zero-order valence-corrected chi connectivity index (χ0v) is 28.0. The predicted octanol–water partition coefficient (Wildman–Crippen LogP) is 5.83. The van der Waals surface area contributed by atoms with Crippen LogP contribution in [0, 0.1) is 12.7 Å². The van der Waals surface area contributed by atoms with Gasteiger partial charge in [0.2, 0.25) is 0 Å². The largest absolute Gasteiger partial charge is 0.481 e. The molecule has 1 aliphatic carbocycles. The fourth-order valence-corrected chi connectivity index (χ4v) is 7.78. The van der Waals surface area contributed by atoms with Crippen LogP contribution >= 0.6 is 11.6 Å². The number of fused-ring (bicyclic) bond motifs is 2. The Balaban J connectivity index is 1.38. The lowest BCUT2D eigenvalue weighted by molar-refractivity contribution is -0.137. The third-order valence-electron chi connectivity index (χ3n) is 10.2. The van der Waals surface area contributed by atoms with E-state index in [0.29, 0.717) is 35.5 Å². The molecule has 8 nitrogen and oxygen atoms in total. The van der Waals surface area contributed by atoms with Crippen LogP contribution in [0.1, 0.15) is 71.7 Å². The van der Waals surface area contributed by atoms with Crippen molar-refractivity contribution < 1.29 is 14.3 Å². The zero-order chi connectivity index (χ0) is 33.8. The van der Waals surface area contributed by atoms with Crippen molar-refractivity contribution in [2.45, 2.75) is 76.5 Å². The lowest BCUT2D eigenvalue weighted by Crippen LogP contribution is -2.49. The smallest absolute Gasteiger partial charge is 0.331 e. The number of nitrogens with one attached hydrogen (secondary N) is 1. The Labute approximate surface area is 284 Å². The SMILES string of the molecule is Cc1cccc(F)c1Cn1c2c(c(=O)n(C[C@H](NCCCC(=O)O)c3ccccc3)c1=O)C1(CC2)CCN(Cc2cccc(Cl)c2)CC1. The van der Waals surface area contributed by atoms with Gasteiger partial charge in [0, 0.05) is 40.2 Å². The first-order valence-electron chi connectivity index (χ1n) is 16.7. The first-order chi connectivity index (χ1) is 23.1. The Morgan fingerprint density at radius 2 is 1.73 bits per heavy atom. The van der Waals surface area contributed by atoms with Gasteiger partial charge >= 0.3 is 11.7 Å². The number of aliphatic carboxylic acids is 1. The average molecular weight is 673 g/mol. The fourth-order valence-electron chi connectivity index (χ4n) is 7.57. The minimum atomic E-state index is -0.877. The van der Waals surface area contributed by atoms with Crippen molar-refractivity contribution in [1.82, 2.24) is 19.4 Å². The summed E-state index contributed by atoms with van der Waals surface area (Å²) in [7, 11) is 0. The molecule has 1 aliphatic heterocycles. The molecule has 1 fully saturated rings. The minimum absolute atomic E-state index is 0.0128. The summed E-state index contributed by atoms with van der Waals surface area (Å²) in [5, 5.41) is 13.3. The maximum atomic E-state index is 15.2. The maximum absolute atomic E-state index is 15.2. The number of hydrogen-bond donors (Lipinski definition) is 2. The van der Waals surface area contributed by atoms with Gasteiger partial charge in [-0.15, -0.1) is 0 Å². The highest BCUT2D eigenvalue weighted by Gasteiger charge is 2.45. The molecule has 1 atom stereocenters. The molecule has 0 saturated carbocycles. The topological polar surface area (TPSA) is 96.6 Å². The number of nitrogens with zero attached hydrogens (tertiary/aromatic N) is 3. The molecule has 0 radical (unpaired) electrons. The maximum Gasteiger partial charge on any atom is 0.331 e. The number of halogens is 2. The van der Waals surface area contributed by atoms with Crippen LogP contribution in [0.3, 0.4) is 0 Å². The fraction of sp³-hybridized carbons (Fsp3) is 0.395. The molecule has 2 aliphatic rings. The highest BCUT2D eigenvalue weighted by Crippen LogP contribution is 2.44. The lowest BCUT2D eigenvalue weighted by Gasteiger charge is -2.40. The molecule has 4 aromatic rings. The molecule has 1 spiro atoms. The quantitative estimate of drug-likeness (QED) is 0.184. The van der Waals surface area contributed by atoms with E-state index in [9.17, 15) is 14.4 Å². The summed E-state index contributed by atoms with van der Waals surface area (Å²) in [6, 6.07) is 22.0. The molecule has 252 valence electrons. The van der Waals surface area contributed by atoms with Gasteiger partial charge in [-0.2, -0.15) is 0 Å². The van der Waals surface area contributed by atoms with Crippen molar-refractivity contribution in [1.29, 1.82) is 0 Å². The molecule has 3 aromatic carbocycles. The van der Waals surface area contributed by atoms with Crippen molar-refractivity contribution >= 4 is 17.6 Å². The number of piperidine rings is 1. The molecule has 48 heavy (non-hydrogen) atoms. The molecule has 0 unspecified atom stereocenters. The van der Waals surface area contributed by atoms with E-state index in [1.807, 2.05) is 61.5 Å². The molecule has 2 heterocycles. The summed E-state index contributed by atoms with van der Waals surface area (Å²) in [4.78, 5) is 42.6. The summed E-state index contributed by atoms with van der Waals surface area (Å²) in [6.07, 6.45) is 3.32. The number of aromatic nitrogens is 2. The van der Waals surface area contributed by atoms with Gasteiger partial charge in [-0.05, 0) is 93.6 Å². The van der Waals surface area contributed by atoms with E-state index in [1.54, 1.807) is 10.6 Å². The summed E-state index contributed by atoms with van der Waals surface area (Å²) in [5.74, 6) is -1.25. The van der Waals surface area contributed by atoms with Crippen LogP contribution in [0.15, 0.2) is 82.4 Å². The first kappa shape index (κ1) is 33.8. The highest BCUT2D eigenvalue weighted by atomic mass is 35.5. The summed E-state index contributed by atoms with van der Waals surface area (Å²) in [5.41, 5.74) is 3.53. The second kappa shape index (κ2) is 14.6. The standard InChI is InChI=1S/C38H42ClFN4O4/c1-26-8-5-13-31(40)30(26)24-43-33-15-16-38(17-20-42(21-18-38)23-27-9-6-12-29(39)22-27)35(33)36(47)44(37(43)48)25-32(28-10-3-2-4-11-28)41-19-7-14-34(45)46/h2-6,8-13,22,32,41H,7,14-21,23-25H2,1H3,(H,45,46)/t32-/m0/s1. The van der Waals surface area contributed by atoms with Crippen molar-refractivity contribution in [2.24, 2.45) is 0 Å². The second-order valence-corrected chi connectivity index (χ2v) is 13.7. The van der Waals surface area contributed by atoms with Gasteiger partial charge in [0.15, 0.2) is 0 Å². The van der Waals surface area contributed by atoms with Gasteiger partial charge in [-0.1, -0.05) is 66.2 Å². The first-order valence-corrected chi connectivity index (χ1v) is 17.1. The van der Waals surface area contributed by atoms with Crippen LogP contribution in [-0.4, -0.2) is 44.7 Å².